The molecule has 2 unspecified atom stereocenters. The molecule has 0 radical (unpaired) electrons. The molecule has 3 heterocycles. The Morgan fingerprint density at radius 3 is 2.80 bits per heavy atom. The summed E-state index contributed by atoms with van der Waals surface area (Å²) in [5.74, 6) is 1.41. The van der Waals surface area contributed by atoms with E-state index in [4.69, 9.17) is 16.1 Å². The third kappa shape index (κ3) is 4.27. The maximum atomic E-state index is 13.6. The van der Waals surface area contributed by atoms with E-state index >= 15 is 0 Å². The number of halogens is 1. The highest BCUT2D eigenvalue weighted by molar-refractivity contribution is 6.37. The van der Waals surface area contributed by atoms with Crippen LogP contribution >= 0.6 is 11.6 Å². The molecule has 1 amide bonds. The van der Waals surface area contributed by atoms with E-state index in [1.54, 1.807) is 25.3 Å². The zero-order valence-electron chi connectivity index (χ0n) is 20.0. The molecule has 0 aliphatic heterocycles. The highest BCUT2D eigenvalue weighted by atomic mass is 35.5. The van der Waals surface area contributed by atoms with E-state index in [0.717, 1.165) is 42.4 Å². The van der Waals surface area contributed by atoms with Crippen LogP contribution in [0.1, 0.15) is 47.8 Å². The standard InChI is InChI=1S/C26H28ClN5O3/c1-15-22-24(30-35-15)23-19(27)8-5-9-20(23)32(26(22)34)18-7-4-6-16(12-18)13-29-25(33)17-10-11-21(28-14-17)31(2)3/h5,8-11,14,16,18H,4,6-7,12-13H2,1-3H3,(H,29,33). The van der Waals surface area contributed by atoms with Gasteiger partial charge in [0.05, 0.1) is 16.1 Å². The van der Waals surface area contributed by atoms with Crippen molar-refractivity contribution >= 4 is 45.1 Å². The Morgan fingerprint density at radius 1 is 1.23 bits per heavy atom. The minimum absolute atomic E-state index is 0.00106. The van der Waals surface area contributed by atoms with E-state index in [1.165, 1.54) is 0 Å². The fraction of sp³-hybridized carbons (Fsp3) is 0.385. The molecule has 4 aromatic rings. The van der Waals surface area contributed by atoms with Gasteiger partial charge in [-0.3, -0.25) is 9.59 Å². The molecule has 8 nitrogen and oxygen atoms in total. The SMILES string of the molecule is Cc1onc2c1c(=O)n(C1CCCC(CNC(=O)c3ccc(N(C)C)nc3)C1)c1cccc(Cl)c21. The molecule has 9 heteroatoms. The second-order valence-corrected chi connectivity index (χ2v) is 9.87. The smallest absolute Gasteiger partial charge is 0.264 e. The number of aryl methyl sites for hydroxylation is 1. The molecule has 3 aromatic heterocycles. The number of anilines is 1. The number of carbonyl (C=O) groups is 1. The summed E-state index contributed by atoms with van der Waals surface area (Å²) in [7, 11) is 3.82. The Bertz CT molecular complexity index is 1460. The molecule has 1 aliphatic rings. The second-order valence-electron chi connectivity index (χ2n) is 9.47. The lowest BCUT2D eigenvalue weighted by Gasteiger charge is -2.31. The van der Waals surface area contributed by atoms with Gasteiger partial charge in [0.2, 0.25) is 0 Å². The van der Waals surface area contributed by atoms with E-state index < -0.39 is 0 Å². The van der Waals surface area contributed by atoms with E-state index in [1.807, 2.05) is 41.8 Å². The van der Waals surface area contributed by atoms with E-state index in [2.05, 4.69) is 15.5 Å². The first-order valence-corrected chi connectivity index (χ1v) is 12.2. The number of fused-ring (bicyclic) bond motifs is 3. The first kappa shape index (κ1) is 23.4. The van der Waals surface area contributed by atoms with Crippen LogP contribution in [0.25, 0.3) is 21.8 Å². The third-order valence-corrected chi connectivity index (χ3v) is 7.24. The quantitative estimate of drug-likeness (QED) is 0.432. The first-order valence-electron chi connectivity index (χ1n) is 11.9. The average Bonchev–Trinajstić information content (AvgIpc) is 3.24. The van der Waals surface area contributed by atoms with Gasteiger partial charge in [-0.25, -0.2) is 4.98 Å². The molecule has 1 fully saturated rings. The summed E-state index contributed by atoms with van der Waals surface area (Å²) < 4.78 is 7.24. The van der Waals surface area contributed by atoms with Gasteiger partial charge < -0.3 is 19.3 Å². The monoisotopic (exact) mass is 493 g/mol. The number of benzene rings is 1. The highest BCUT2D eigenvalue weighted by Gasteiger charge is 2.28. The summed E-state index contributed by atoms with van der Waals surface area (Å²) in [4.78, 5) is 32.5. The lowest BCUT2D eigenvalue weighted by atomic mass is 9.85. The molecule has 0 bridgehead atoms. The lowest BCUT2D eigenvalue weighted by Crippen LogP contribution is -2.34. The Labute approximate surface area is 207 Å². The predicted octanol–water partition coefficient (Wildman–Crippen LogP) is 4.73. The topological polar surface area (TPSA) is 93.3 Å². The van der Waals surface area contributed by atoms with Gasteiger partial charge in [-0.1, -0.05) is 29.2 Å². The van der Waals surface area contributed by atoms with Crippen molar-refractivity contribution in [3.8, 4) is 0 Å². The Morgan fingerprint density at radius 2 is 2.06 bits per heavy atom. The molecule has 5 rings (SSSR count). The number of carbonyl (C=O) groups excluding carboxylic acids is 1. The first-order chi connectivity index (χ1) is 16.8. The summed E-state index contributed by atoms with van der Waals surface area (Å²) in [6.45, 7) is 2.30. The van der Waals surface area contributed by atoms with Gasteiger partial charge >= 0.3 is 0 Å². The fourth-order valence-corrected chi connectivity index (χ4v) is 5.40. The van der Waals surface area contributed by atoms with Crippen LogP contribution in [0.2, 0.25) is 5.02 Å². The maximum absolute atomic E-state index is 13.6. The van der Waals surface area contributed by atoms with Crippen LogP contribution in [0, 0.1) is 12.8 Å². The van der Waals surface area contributed by atoms with Gasteiger partial charge in [0.15, 0.2) is 0 Å². The number of rotatable bonds is 5. The van der Waals surface area contributed by atoms with E-state index in [0.29, 0.717) is 33.8 Å². The largest absolute Gasteiger partial charge is 0.363 e. The molecule has 0 saturated heterocycles. The number of amides is 1. The van der Waals surface area contributed by atoms with Crippen molar-refractivity contribution in [1.82, 2.24) is 20.0 Å². The van der Waals surface area contributed by atoms with Gasteiger partial charge in [-0.05, 0) is 56.4 Å². The van der Waals surface area contributed by atoms with Crippen LogP contribution in [0.5, 0.6) is 0 Å². The van der Waals surface area contributed by atoms with E-state index in [9.17, 15) is 9.59 Å². The van der Waals surface area contributed by atoms with Gasteiger partial charge in [-0.2, -0.15) is 0 Å². The van der Waals surface area contributed by atoms with Crippen molar-refractivity contribution in [2.45, 2.75) is 38.6 Å². The molecule has 1 N–H and O–H groups in total. The van der Waals surface area contributed by atoms with Crippen LogP contribution in [-0.2, 0) is 0 Å². The van der Waals surface area contributed by atoms with E-state index in [-0.39, 0.29) is 23.4 Å². The third-order valence-electron chi connectivity index (χ3n) is 6.92. The summed E-state index contributed by atoms with van der Waals surface area (Å²) in [5.41, 5.74) is 1.71. The molecular formula is C26H28ClN5O3. The fourth-order valence-electron chi connectivity index (χ4n) is 5.14. The van der Waals surface area contributed by atoms with Crippen molar-refractivity contribution in [3.63, 3.8) is 0 Å². The molecule has 1 aliphatic carbocycles. The Hall–Kier alpha value is -3.39. The van der Waals surface area contributed by atoms with Crippen molar-refractivity contribution < 1.29 is 9.32 Å². The zero-order chi connectivity index (χ0) is 24.7. The van der Waals surface area contributed by atoms with Gasteiger partial charge in [0.25, 0.3) is 11.5 Å². The van der Waals surface area contributed by atoms with Crippen LogP contribution in [0.4, 0.5) is 5.82 Å². The van der Waals surface area contributed by atoms with Crippen LogP contribution in [0.3, 0.4) is 0 Å². The molecular weight excluding hydrogens is 466 g/mol. The maximum Gasteiger partial charge on any atom is 0.264 e. The zero-order valence-corrected chi connectivity index (χ0v) is 20.8. The number of hydrogen-bond donors (Lipinski definition) is 1. The van der Waals surface area contributed by atoms with Gasteiger partial charge in [0, 0.05) is 38.3 Å². The van der Waals surface area contributed by atoms with Crippen molar-refractivity contribution in [2.75, 3.05) is 25.5 Å². The Balaban J connectivity index is 1.39. The van der Waals surface area contributed by atoms with Gasteiger partial charge in [-0.15, -0.1) is 0 Å². The Kier molecular flexibility index (Phi) is 6.23. The number of aromatic nitrogens is 3. The van der Waals surface area contributed by atoms with Crippen molar-refractivity contribution in [1.29, 1.82) is 0 Å². The van der Waals surface area contributed by atoms with Crippen LogP contribution < -0.4 is 15.8 Å². The minimum atomic E-state index is -0.138. The molecule has 2 atom stereocenters. The molecule has 1 aromatic carbocycles. The van der Waals surface area contributed by atoms with Crippen molar-refractivity contribution in [2.24, 2.45) is 5.92 Å². The number of nitrogens with one attached hydrogen (secondary N) is 1. The summed E-state index contributed by atoms with van der Waals surface area (Å²) in [6, 6.07) is 9.20. The number of hydrogen-bond acceptors (Lipinski definition) is 6. The predicted molar refractivity (Wildman–Crippen MR) is 137 cm³/mol. The van der Waals surface area contributed by atoms with Crippen LogP contribution in [-0.4, -0.2) is 41.3 Å². The second kappa shape index (κ2) is 9.34. The van der Waals surface area contributed by atoms with Crippen LogP contribution in [0.15, 0.2) is 45.8 Å². The summed E-state index contributed by atoms with van der Waals surface area (Å²) in [6.07, 6.45) is 5.24. The molecule has 0 spiro atoms. The lowest BCUT2D eigenvalue weighted by molar-refractivity contribution is 0.0940. The number of pyridine rings is 2. The summed E-state index contributed by atoms with van der Waals surface area (Å²) >= 11 is 6.55. The molecule has 1 saturated carbocycles. The number of nitrogens with zero attached hydrogens (tertiary/aromatic N) is 4. The highest BCUT2D eigenvalue weighted by Crippen LogP contribution is 2.36. The normalized spacial score (nSPS) is 18.2. The molecule has 182 valence electrons. The average molecular weight is 494 g/mol. The summed E-state index contributed by atoms with van der Waals surface area (Å²) in [5, 5.41) is 8.96. The minimum Gasteiger partial charge on any atom is -0.363 e. The molecule has 35 heavy (non-hydrogen) atoms. The van der Waals surface area contributed by atoms with Crippen molar-refractivity contribution in [3.05, 3.63) is 63.2 Å². The van der Waals surface area contributed by atoms with Gasteiger partial charge in [0.1, 0.15) is 22.5 Å².